The molecule has 3 rings (SSSR count). The van der Waals surface area contributed by atoms with Crippen molar-refractivity contribution in [3.05, 3.63) is 35.6 Å². The number of benzene rings is 1. The molecule has 9 heteroatoms. The summed E-state index contributed by atoms with van der Waals surface area (Å²) in [6, 6.07) is 5.55. The molecule has 134 valence electrons. The molecule has 1 fully saturated rings. The Morgan fingerprint density at radius 1 is 1.20 bits per heavy atom. The maximum atomic E-state index is 13.6. The zero-order valence-electron chi connectivity index (χ0n) is 12.9. The van der Waals surface area contributed by atoms with Crippen molar-refractivity contribution in [2.75, 3.05) is 18.0 Å². The smallest absolute Gasteiger partial charge is 0.404 e. The molecule has 0 radical (unpaired) electrons. The maximum Gasteiger partial charge on any atom is 0.573 e. The van der Waals surface area contributed by atoms with Gasteiger partial charge in [0.25, 0.3) is 0 Å². The third kappa shape index (κ3) is 4.50. The Kier molecular flexibility index (Phi) is 4.99. The van der Waals surface area contributed by atoms with E-state index in [0.29, 0.717) is 30.0 Å². The third-order valence-electron chi connectivity index (χ3n) is 3.79. The van der Waals surface area contributed by atoms with Crippen molar-refractivity contribution in [2.24, 2.45) is 0 Å². The van der Waals surface area contributed by atoms with E-state index in [0.717, 1.165) is 12.5 Å². The predicted molar refractivity (Wildman–Crippen MR) is 85.5 cm³/mol. The molecule has 0 amide bonds. The minimum Gasteiger partial charge on any atom is -0.404 e. The Bertz CT molecular complexity index is 756. The molecule has 25 heavy (non-hydrogen) atoms. The second-order valence-corrected chi connectivity index (χ2v) is 6.05. The average Bonchev–Trinajstić information content (AvgIpc) is 2.56. The lowest BCUT2D eigenvalue weighted by Gasteiger charge is -2.29. The first-order chi connectivity index (χ1) is 11.8. The van der Waals surface area contributed by atoms with Gasteiger partial charge < -0.3 is 9.64 Å². The van der Waals surface area contributed by atoms with Crippen LogP contribution in [-0.4, -0.2) is 35.6 Å². The third-order valence-corrected chi connectivity index (χ3v) is 4.09. The van der Waals surface area contributed by atoms with Crippen LogP contribution in [0.2, 0.25) is 5.02 Å². The van der Waals surface area contributed by atoms with Crippen LogP contribution in [0.1, 0.15) is 12.8 Å². The maximum absolute atomic E-state index is 13.6. The van der Waals surface area contributed by atoms with Crippen molar-refractivity contribution >= 4 is 17.4 Å². The van der Waals surface area contributed by atoms with Gasteiger partial charge in [0.05, 0.1) is 17.3 Å². The van der Waals surface area contributed by atoms with Crippen LogP contribution in [0.4, 0.5) is 23.4 Å². The van der Waals surface area contributed by atoms with Crippen molar-refractivity contribution in [1.29, 1.82) is 0 Å². The van der Waals surface area contributed by atoms with E-state index in [1.165, 1.54) is 18.5 Å². The first-order valence-corrected chi connectivity index (χ1v) is 7.96. The van der Waals surface area contributed by atoms with Gasteiger partial charge in [-0.05, 0) is 31.0 Å². The molecule has 0 saturated carbocycles. The lowest BCUT2D eigenvalue weighted by Crippen LogP contribution is -2.36. The topological polar surface area (TPSA) is 38.2 Å². The normalized spacial score (nSPS) is 18.3. The Morgan fingerprint density at radius 2 is 2.00 bits per heavy atom. The molecule has 1 aliphatic heterocycles. The number of aromatic nitrogens is 2. The molecule has 0 N–H and O–H groups in total. The Morgan fingerprint density at radius 3 is 2.68 bits per heavy atom. The van der Waals surface area contributed by atoms with Crippen LogP contribution in [-0.2, 0) is 0 Å². The monoisotopic (exact) mass is 375 g/mol. The van der Waals surface area contributed by atoms with E-state index in [1.807, 2.05) is 4.90 Å². The first-order valence-electron chi connectivity index (χ1n) is 7.58. The number of alkyl halides is 4. The molecule has 1 saturated heterocycles. The van der Waals surface area contributed by atoms with Crippen molar-refractivity contribution in [1.82, 2.24) is 9.97 Å². The standard InChI is InChI=1S/C16H14ClF4N3O/c17-12-6-10(3-4-14(12)25-16(19,20)21)13-7-15(23-9-22-13)24-5-1-2-11(18)8-24/h3-4,6-7,9,11H,1-2,5,8H2. The minimum atomic E-state index is -4.82. The number of nitrogens with zero attached hydrogens (tertiary/aromatic N) is 3. The molecule has 1 aliphatic rings. The Balaban J connectivity index is 1.84. The number of piperidine rings is 1. The molecule has 1 atom stereocenters. The van der Waals surface area contributed by atoms with Gasteiger partial charge in [0, 0.05) is 18.2 Å². The lowest BCUT2D eigenvalue weighted by atomic mass is 10.1. The van der Waals surface area contributed by atoms with Gasteiger partial charge in [0.15, 0.2) is 0 Å². The van der Waals surface area contributed by atoms with Gasteiger partial charge >= 0.3 is 6.36 Å². The van der Waals surface area contributed by atoms with Crippen LogP contribution >= 0.6 is 11.6 Å². The number of hydrogen-bond acceptors (Lipinski definition) is 4. The van der Waals surface area contributed by atoms with E-state index >= 15 is 0 Å². The summed E-state index contributed by atoms with van der Waals surface area (Å²) in [5, 5.41) is -0.184. The summed E-state index contributed by atoms with van der Waals surface area (Å²) < 4.78 is 54.3. The molecule has 0 bridgehead atoms. The SMILES string of the molecule is FC1CCCN(c2cc(-c3ccc(OC(F)(F)F)c(Cl)c3)ncn2)C1. The highest BCUT2D eigenvalue weighted by Crippen LogP contribution is 2.34. The number of rotatable bonds is 3. The van der Waals surface area contributed by atoms with Gasteiger partial charge in [-0.1, -0.05) is 11.6 Å². The Hall–Kier alpha value is -2.09. The number of halogens is 5. The second kappa shape index (κ2) is 7.03. The van der Waals surface area contributed by atoms with Crippen molar-refractivity contribution in [2.45, 2.75) is 25.4 Å². The van der Waals surface area contributed by atoms with Crippen molar-refractivity contribution in [3.63, 3.8) is 0 Å². The fourth-order valence-corrected chi connectivity index (χ4v) is 2.90. The quantitative estimate of drug-likeness (QED) is 0.733. The zero-order chi connectivity index (χ0) is 18.0. The summed E-state index contributed by atoms with van der Waals surface area (Å²) >= 11 is 5.86. The largest absolute Gasteiger partial charge is 0.573 e. The number of ether oxygens (including phenoxy) is 1. The van der Waals surface area contributed by atoms with E-state index in [4.69, 9.17) is 11.6 Å². The van der Waals surface area contributed by atoms with Crippen LogP contribution in [0.25, 0.3) is 11.3 Å². The molecular weight excluding hydrogens is 362 g/mol. The van der Waals surface area contributed by atoms with Crippen LogP contribution < -0.4 is 9.64 Å². The highest BCUT2D eigenvalue weighted by Gasteiger charge is 2.32. The van der Waals surface area contributed by atoms with Gasteiger partial charge in [-0.25, -0.2) is 14.4 Å². The molecule has 1 unspecified atom stereocenters. The average molecular weight is 376 g/mol. The lowest BCUT2D eigenvalue weighted by molar-refractivity contribution is -0.274. The van der Waals surface area contributed by atoms with Gasteiger partial charge in [-0.15, -0.1) is 13.2 Å². The van der Waals surface area contributed by atoms with Crippen molar-refractivity contribution < 1.29 is 22.3 Å². The first kappa shape index (κ1) is 17.7. The van der Waals surface area contributed by atoms with Gasteiger partial charge in [-0.3, -0.25) is 0 Å². The van der Waals surface area contributed by atoms with Crippen molar-refractivity contribution in [3.8, 4) is 17.0 Å². The molecule has 1 aromatic carbocycles. The molecule has 1 aromatic heterocycles. The van der Waals surface area contributed by atoms with E-state index in [2.05, 4.69) is 14.7 Å². The number of hydrogen-bond donors (Lipinski definition) is 0. The summed E-state index contributed by atoms with van der Waals surface area (Å²) in [7, 11) is 0. The fourth-order valence-electron chi connectivity index (χ4n) is 2.68. The van der Waals surface area contributed by atoms with Gasteiger partial charge in [0.1, 0.15) is 24.1 Å². The van der Waals surface area contributed by atoms with Crippen LogP contribution in [0.3, 0.4) is 0 Å². The zero-order valence-corrected chi connectivity index (χ0v) is 13.7. The minimum absolute atomic E-state index is 0.184. The van der Waals surface area contributed by atoms with Crippen LogP contribution in [0, 0.1) is 0 Å². The van der Waals surface area contributed by atoms with Gasteiger partial charge in [0.2, 0.25) is 0 Å². The van der Waals surface area contributed by atoms with E-state index in [1.54, 1.807) is 6.07 Å². The molecule has 0 aliphatic carbocycles. The summed E-state index contributed by atoms with van der Waals surface area (Å²) in [5.41, 5.74) is 0.989. The Labute approximate surface area is 146 Å². The summed E-state index contributed by atoms with van der Waals surface area (Å²) in [6.07, 6.45) is -3.12. The molecule has 0 spiro atoms. The van der Waals surface area contributed by atoms with E-state index in [-0.39, 0.29) is 11.6 Å². The molecule has 2 aromatic rings. The molecule has 4 nitrogen and oxygen atoms in total. The molecular formula is C16H14ClF4N3O. The highest BCUT2D eigenvalue weighted by molar-refractivity contribution is 6.32. The summed E-state index contributed by atoms with van der Waals surface area (Å²) in [4.78, 5) is 10.1. The fraction of sp³-hybridized carbons (Fsp3) is 0.375. The van der Waals surface area contributed by atoms with E-state index in [9.17, 15) is 17.6 Å². The van der Waals surface area contributed by atoms with Crippen LogP contribution in [0.15, 0.2) is 30.6 Å². The van der Waals surface area contributed by atoms with E-state index < -0.39 is 18.3 Å². The molecule has 2 heterocycles. The number of anilines is 1. The summed E-state index contributed by atoms with van der Waals surface area (Å²) in [6.45, 7) is 0.950. The predicted octanol–water partition coefficient (Wildman–Crippen LogP) is 4.63. The second-order valence-electron chi connectivity index (χ2n) is 5.64. The van der Waals surface area contributed by atoms with Crippen LogP contribution in [0.5, 0.6) is 5.75 Å². The van der Waals surface area contributed by atoms with Gasteiger partial charge in [-0.2, -0.15) is 0 Å². The summed E-state index contributed by atoms with van der Waals surface area (Å²) in [5.74, 6) is 0.0857. The highest BCUT2D eigenvalue weighted by atomic mass is 35.5.